The van der Waals surface area contributed by atoms with E-state index in [1.807, 2.05) is 0 Å². The molecule has 0 spiro atoms. The number of aromatic nitrogens is 1. The highest BCUT2D eigenvalue weighted by atomic mass is 32.2. The maximum absolute atomic E-state index is 11.8. The first-order chi connectivity index (χ1) is 8.95. The molecule has 1 saturated heterocycles. The standard InChI is InChI=1S/C11H11N3O4S/c12-19(16,17)7-5-10(15)14(6-7)11-13-8-3-1-2-4-9(8)18-11/h1-4,7H,5-6H2,(H2,12,16,17). The fourth-order valence-corrected chi connectivity index (χ4v) is 2.79. The topological polar surface area (TPSA) is 106 Å². The molecule has 7 nitrogen and oxygen atoms in total. The van der Waals surface area contributed by atoms with Crippen molar-refractivity contribution in [2.75, 3.05) is 11.4 Å². The fraction of sp³-hybridized carbons (Fsp3) is 0.273. The Kier molecular flexibility index (Phi) is 2.58. The molecule has 0 bridgehead atoms. The van der Waals surface area contributed by atoms with Crippen LogP contribution in [-0.2, 0) is 14.8 Å². The second-order valence-electron chi connectivity index (χ2n) is 4.38. The van der Waals surface area contributed by atoms with E-state index < -0.39 is 15.3 Å². The maximum Gasteiger partial charge on any atom is 0.305 e. The molecule has 0 radical (unpaired) electrons. The highest BCUT2D eigenvalue weighted by Crippen LogP contribution is 2.26. The Morgan fingerprint density at radius 1 is 1.37 bits per heavy atom. The summed E-state index contributed by atoms with van der Waals surface area (Å²) in [7, 11) is -3.74. The number of hydrogen-bond acceptors (Lipinski definition) is 5. The molecular formula is C11H11N3O4S. The summed E-state index contributed by atoms with van der Waals surface area (Å²) in [6, 6.07) is 7.17. The molecule has 1 aliphatic heterocycles. The van der Waals surface area contributed by atoms with Gasteiger partial charge < -0.3 is 4.42 Å². The van der Waals surface area contributed by atoms with Crippen LogP contribution in [0.1, 0.15) is 6.42 Å². The Labute approximate surface area is 109 Å². The lowest BCUT2D eigenvalue weighted by atomic mass is 10.3. The Balaban J connectivity index is 1.96. The minimum atomic E-state index is -3.74. The number of oxazole rings is 1. The largest absolute Gasteiger partial charge is 0.423 e. The SMILES string of the molecule is NS(=O)(=O)C1CC(=O)N(c2nc3ccccc3o2)C1. The van der Waals surface area contributed by atoms with Gasteiger partial charge in [-0.1, -0.05) is 12.1 Å². The number of nitrogens with zero attached hydrogens (tertiary/aromatic N) is 2. The predicted molar refractivity (Wildman–Crippen MR) is 67.9 cm³/mol. The first kappa shape index (κ1) is 12.1. The van der Waals surface area contributed by atoms with Gasteiger partial charge in [0, 0.05) is 13.0 Å². The number of carbonyl (C=O) groups excluding carboxylic acids is 1. The number of amides is 1. The summed E-state index contributed by atoms with van der Waals surface area (Å²) >= 11 is 0. The highest BCUT2D eigenvalue weighted by molar-refractivity contribution is 7.89. The minimum Gasteiger partial charge on any atom is -0.423 e. The highest BCUT2D eigenvalue weighted by Gasteiger charge is 2.39. The maximum atomic E-state index is 11.8. The van der Waals surface area contributed by atoms with Crippen LogP contribution >= 0.6 is 0 Å². The summed E-state index contributed by atoms with van der Waals surface area (Å²) in [5.41, 5.74) is 1.16. The van der Waals surface area contributed by atoms with Crippen LogP contribution in [0, 0.1) is 0 Å². The molecule has 100 valence electrons. The normalized spacial score (nSPS) is 20.4. The Morgan fingerprint density at radius 3 is 2.74 bits per heavy atom. The molecule has 0 saturated carbocycles. The molecule has 1 unspecified atom stereocenters. The zero-order valence-corrected chi connectivity index (χ0v) is 10.6. The number of fused-ring (bicyclic) bond motifs is 1. The van der Waals surface area contributed by atoms with E-state index in [0.717, 1.165) is 0 Å². The molecule has 1 atom stereocenters. The molecule has 2 N–H and O–H groups in total. The molecule has 1 fully saturated rings. The molecule has 2 heterocycles. The number of hydrogen-bond donors (Lipinski definition) is 1. The number of rotatable bonds is 2. The molecule has 0 aliphatic carbocycles. The average Bonchev–Trinajstić information content (AvgIpc) is 2.90. The average molecular weight is 281 g/mol. The van der Waals surface area contributed by atoms with E-state index in [4.69, 9.17) is 9.56 Å². The Bertz CT molecular complexity index is 719. The number of nitrogens with two attached hydrogens (primary N) is 1. The number of carbonyl (C=O) groups is 1. The molecule has 2 aromatic rings. The summed E-state index contributed by atoms with van der Waals surface area (Å²) in [4.78, 5) is 17.2. The predicted octanol–water partition coefficient (Wildman–Crippen LogP) is 0.222. The third-order valence-electron chi connectivity index (χ3n) is 3.07. The van der Waals surface area contributed by atoms with Crippen molar-refractivity contribution < 1.29 is 17.6 Å². The first-order valence-electron chi connectivity index (χ1n) is 5.63. The fourth-order valence-electron chi connectivity index (χ4n) is 2.06. The third-order valence-corrected chi connectivity index (χ3v) is 4.31. The molecule has 19 heavy (non-hydrogen) atoms. The van der Waals surface area contributed by atoms with E-state index in [1.54, 1.807) is 24.3 Å². The van der Waals surface area contributed by atoms with Crippen LogP contribution in [0.2, 0.25) is 0 Å². The molecule has 1 aliphatic rings. The second kappa shape index (κ2) is 4.04. The van der Waals surface area contributed by atoms with Crippen molar-refractivity contribution in [3.05, 3.63) is 24.3 Å². The van der Waals surface area contributed by atoms with E-state index in [-0.39, 0.29) is 24.9 Å². The zero-order valence-electron chi connectivity index (χ0n) is 9.81. The number of anilines is 1. The van der Waals surface area contributed by atoms with E-state index in [2.05, 4.69) is 4.98 Å². The summed E-state index contributed by atoms with van der Waals surface area (Å²) in [6.07, 6.45) is -0.141. The van der Waals surface area contributed by atoms with Crippen LogP contribution in [0.15, 0.2) is 28.7 Å². The molecule has 1 aromatic heterocycles. The second-order valence-corrected chi connectivity index (χ2v) is 6.23. The lowest BCUT2D eigenvalue weighted by molar-refractivity contribution is -0.117. The molecular weight excluding hydrogens is 270 g/mol. The number of primary sulfonamides is 1. The number of benzene rings is 1. The summed E-state index contributed by atoms with van der Waals surface area (Å²) < 4.78 is 28.0. The van der Waals surface area contributed by atoms with Crippen molar-refractivity contribution in [3.8, 4) is 0 Å². The van der Waals surface area contributed by atoms with Crippen LogP contribution in [0.3, 0.4) is 0 Å². The van der Waals surface area contributed by atoms with Crippen LogP contribution in [0.4, 0.5) is 6.01 Å². The van der Waals surface area contributed by atoms with Crippen molar-refractivity contribution in [3.63, 3.8) is 0 Å². The smallest absolute Gasteiger partial charge is 0.305 e. The summed E-state index contributed by atoms with van der Waals surface area (Å²) in [5, 5.41) is 4.15. The van der Waals surface area contributed by atoms with Gasteiger partial charge in [0.1, 0.15) is 10.8 Å². The van der Waals surface area contributed by atoms with Gasteiger partial charge >= 0.3 is 6.01 Å². The zero-order chi connectivity index (χ0) is 13.6. The Hall–Kier alpha value is -1.93. The molecule has 1 aromatic carbocycles. The third kappa shape index (κ3) is 2.08. The van der Waals surface area contributed by atoms with Crippen molar-refractivity contribution in [2.45, 2.75) is 11.7 Å². The quantitative estimate of drug-likeness (QED) is 0.847. The van der Waals surface area contributed by atoms with Gasteiger partial charge in [-0.3, -0.25) is 9.69 Å². The van der Waals surface area contributed by atoms with Gasteiger partial charge in [0.15, 0.2) is 5.58 Å². The Morgan fingerprint density at radius 2 is 2.11 bits per heavy atom. The molecule has 3 rings (SSSR count). The van der Waals surface area contributed by atoms with Crippen molar-refractivity contribution in [1.82, 2.24) is 4.98 Å². The molecule has 8 heteroatoms. The number of para-hydroxylation sites is 2. The van der Waals surface area contributed by atoms with Gasteiger partial charge in [-0.05, 0) is 12.1 Å². The lowest BCUT2D eigenvalue weighted by Gasteiger charge is -2.10. The van der Waals surface area contributed by atoms with Crippen molar-refractivity contribution in [1.29, 1.82) is 0 Å². The van der Waals surface area contributed by atoms with Crippen LogP contribution in [-0.4, -0.2) is 31.1 Å². The number of sulfonamides is 1. The van der Waals surface area contributed by atoms with E-state index in [1.165, 1.54) is 4.90 Å². The van der Waals surface area contributed by atoms with Crippen molar-refractivity contribution in [2.24, 2.45) is 5.14 Å². The van der Waals surface area contributed by atoms with Gasteiger partial charge in [-0.25, -0.2) is 13.6 Å². The summed E-state index contributed by atoms with van der Waals surface area (Å²) in [6.45, 7) is -0.0233. The first-order valence-corrected chi connectivity index (χ1v) is 7.23. The van der Waals surface area contributed by atoms with E-state index >= 15 is 0 Å². The van der Waals surface area contributed by atoms with E-state index in [0.29, 0.717) is 11.1 Å². The van der Waals surface area contributed by atoms with Gasteiger partial charge in [-0.2, -0.15) is 4.98 Å². The van der Waals surface area contributed by atoms with Gasteiger partial charge in [-0.15, -0.1) is 0 Å². The summed E-state index contributed by atoms with van der Waals surface area (Å²) in [5.74, 6) is -0.356. The van der Waals surface area contributed by atoms with Gasteiger partial charge in [0.25, 0.3) is 0 Å². The van der Waals surface area contributed by atoms with E-state index in [9.17, 15) is 13.2 Å². The lowest BCUT2D eigenvalue weighted by Crippen LogP contribution is -2.32. The monoisotopic (exact) mass is 281 g/mol. The molecule has 1 amide bonds. The van der Waals surface area contributed by atoms with Gasteiger partial charge in [0.05, 0.1) is 0 Å². The van der Waals surface area contributed by atoms with Crippen LogP contribution in [0.5, 0.6) is 0 Å². The van der Waals surface area contributed by atoms with Crippen molar-refractivity contribution >= 4 is 33.0 Å². The minimum absolute atomic E-state index is 0.0233. The van der Waals surface area contributed by atoms with Crippen LogP contribution in [0.25, 0.3) is 11.1 Å². The van der Waals surface area contributed by atoms with Crippen LogP contribution < -0.4 is 10.0 Å². The van der Waals surface area contributed by atoms with Gasteiger partial charge in [0.2, 0.25) is 15.9 Å².